The number of aromatic nitrogens is 1. The third-order valence-electron chi connectivity index (χ3n) is 6.84. The lowest BCUT2D eigenvalue weighted by Gasteiger charge is -2.19. The van der Waals surface area contributed by atoms with E-state index in [-0.39, 0.29) is 12.1 Å². The molecule has 2 aliphatic heterocycles. The topological polar surface area (TPSA) is 17.3 Å². The van der Waals surface area contributed by atoms with Crippen LogP contribution in [0.2, 0.25) is 0 Å². The first-order valence-electron chi connectivity index (χ1n) is 11.5. The van der Waals surface area contributed by atoms with Crippen molar-refractivity contribution in [1.82, 2.24) is 4.57 Å². The predicted octanol–water partition coefficient (Wildman–Crippen LogP) is 7.30. The van der Waals surface area contributed by atoms with Gasteiger partial charge in [0.25, 0.3) is 0 Å². The van der Waals surface area contributed by atoms with E-state index in [4.69, 9.17) is 4.99 Å². The van der Waals surface area contributed by atoms with Gasteiger partial charge in [-0.25, -0.2) is 0 Å². The van der Waals surface area contributed by atoms with E-state index in [2.05, 4.69) is 115 Å². The average Bonchev–Trinajstić information content (AvgIpc) is 3.53. The Morgan fingerprint density at radius 2 is 1.59 bits per heavy atom. The van der Waals surface area contributed by atoms with Crippen LogP contribution in [0.15, 0.2) is 108 Å². The van der Waals surface area contributed by atoms with Gasteiger partial charge < -0.3 is 4.57 Å². The van der Waals surface area contributed by atoms with Gasteiger partial charge in [0, 0.05) is 17.0 Å². The van der Waals surface area contributed by atoms with Crippen molar-refractivity contribution in [3.63, 3.8) is 0 Å². The van der Waals surface area contributed by atoms with E-state index >= 15 is 0 Å². The first-order chi connectivity index (χ1) is 15.7. The molecule has 2 nitrogen and oxygen atoms in total. The van der Waals surface area contributed by atoms with Gasteiger partial charge in [-0.1, -0.05) is 91.9 Å². The van der Waals surface area contributed by atoms with Crippen LogP contribution in [0.3, 0.4) is 0 Å². The van der Waals surface area contributed by atoms with E-state index in [0.717, 1.165) is 12.1 Å². The molecule has 0 fully saturated rings. The molecule has 0 radical (unpaired) electrons. The fraction of sp³-hybridized carbons (Fsp3) is 0.167. The van der Waals surface area contributed by atoms with Crippen molar-refractivity contribution in [1.29, 1.82) is 0 Å². The first-order valence-corrected chi connectivity index (χ1v) is 11.5. The molecular weight excluding hydrogens is 388 g/mol. The molecule has 3 aromatic carbocycles. The summed E-state index contributed by atoms with van der Waals surface area (Å²) in [6.45, 7) is 4.42. The molecule has 4 aromatic rings. The Morgan fingerprint density at radius 1 is 0.812 bits per heavy atom. The molecule has 3 heterocycles. The fourth-order valence-corrected chi connectivity index (χ4v) is 5.30. The quantitative estimate of drug-likeness (QED) is 0.294. The molecule has 2 unspecified atom stereocenters. The van der Waals surface area contributed by atoms with Crippen molar-refractivity contribution in [3.05, 3.63) is 131 Å². The summed E-state index contributed by atoms with van der Waals surface area (Å²) < 4.78 is 2.48. The molecule has 0 aliphatic carbocycles. The van der Waals surface area contributed by atoms with Gasteiger partial charge in [0.05, 0.1) is 17.8 Å². The summed E-state index contributed by atoms with van der Waals surface area (Å²) in [6.07, 6.45) is 3.34. The van der Waals surface area contributed by atoms with Crippen LogP contribution in [0.1, 0.15) is 53.4 Å². The summed E-state index contributed by atoms with van der Waals surface area (Å²) in [5.74, 6) is 0. The number of aliphatic imine (C=N–C) groups is 1. The van der Waals surface area contributed by atoms with Crippen LogP contribution in [0, 0.1) is 6.92 Å². The second kappa shape index (κ2) is 7.49. The molecule has 2 atom stereocenters. The summed E-state index contributed by atoms with van der Waals surface area (Å²) in [5, 5.41) is 0. The maximum absolute atomic E-state index is 5.16. The van der Waals surface area contributed by atoms with Gasteiger partial charge in [-0.3, -0.25) is 4.99 Å². The molecule has 0 N–H and O–H groups in total. The van der Waals surface area contributed by atoms with Gasteiger partial charge in [0.2, 0.25) is 0 Å². The number of aryl methyl sites for hydroxylation is 1. The van der Waals surface area contributed by atoms with Crippen LogP contribution in [0.4, 0.5) is 0 Å². The van der Waals surface area contributed by atoms with E-state index in [0.29, 0.717) is 0 Å². The normalized spacial score (nSPS) is 18.8. The van der Waals surface area contributed by atoms with Crippen LogP contribution in [-0.2, 0) is 0 Å². The van der Waals surface area contributed by atoms with Gasteiger partial charge in [0.15, 0.2) is 0 Å². The minimum absolute atomic E-state index is 0.0713. The Kier molecular flexibility index (Phi) is 4.46. The first kappa shape index (κ1) is 19.1. The molecule has 1 aromatic heterocycles. The minimum Gasteiger partial charge on any atom is -0.333 e. The van der Waals surface area contributed by atoms with Crippen LogP contribution < -0.4 is 0 Å². The lowest BCUT2D eigenvalue weighted by Crippen LogP contribution is -2.09. The fourth-order valence-electron chi connectivity index (χ4n) is 5.30. The number of rotatable bonds is 4. The lowest BCUT2D eigenvalue weighted by molar-refractivity contribution is 0.696. The summed E-state index contributed by atoms with van der Waals surface area (Å²) in [4.78, 5) is 5.16. The van der Waals surface area contributed by atoms with Gasteiger partial charge in [-0.05, 0) is 53.3 Å². The number of nitrogens with zero attached hydrogens (tertiary/aromatic N) is 2. The second-order valence-electron chi connectivity index (χ2n) is 8.72. The molecule has 2 heteroatoms. The van der Waals surface area contributed by atoms with Crippen molar-refractivity contribution >= 4 is 5.71 Å². The van der Waals surface area contributed by atoms with Crippen LogP contribution in [0.25, 0.3) is 11.3 Å². The number of allylic oxidation sites excluding steroid dienone is 1. The minimum atomic E-state index is 0.0713. The van der Waals surface area contributed by atoms with E-state index < -0.39 is 0 Å². The molecule has 0 saturated heterocycles. The standard InChI is InChI=1S/C30H26N2/c1-3-21-19-27(31-29(21)22-10-5-4-6-11-22)23-12-9-13-24(18-23)30-26-15-8-7-14-25(26)28-17-16-20(2)32(28)30/h4-19,27,30H,3H2,1-2H3. The highest BCUT2D eigenvalue weighted by Crippen LogP contribution is 2.45. The summed E-state index contributed by atoms with van der Waals surface area (Å²) in [7, 11) is 0. The number of hydrogen-bond acceptors (Lipinski definition) is 1. The van der Waals surface area contributed by atoms with E-state index in [1.807, 2.05) is 0 Å². The second-order valence-corrected chi connectivity index (χ2v) is 8.72. The third kappa shape index (κ3) is 2.90. The van der Waals surface area contributed by atoms with E-state index in [9.17, 15) is 0 Å². The number of fused-ring (bicyclic) bond motifs is 3. The zero-order valence-electron chi connectivity index (χ0n) is 18.5. The maximum atomic E-state index is 5.16. The van der Waals surface area contributed by atoms with Crippen LogP contribution in [0.5, 0.6) is 0 Å². The molecule has 156 valence electrons. The largest absolute Gasteiger partial charge is 0.333 e. The zero-order valence-corrected chi connectivity index (χ0v) is 18.5. The lowest BCUT2D eigenvalue weighted by atomic mass is 9.94. The SMILES string of the molecule is CCC1=CC(c2cccc(C3c4ccccc4-c4ccc(C)n43)c2)N=C1c1ccccc1. The Bertz CT molecular complexity index is 1370. The average molecular weight is 415 g/mol. The van der Waals surface area contributed by atoms with Gasteiger partial charge >= 0.3 is 0 Å². The maximum Gasteiger partial charge on any atom is 0.0944 e. The molecule has 0 spiro atoms. The molecule has 0 saturated carbocycles. The summed E-state index contributed by atoms with van der Waals surface area (Å²) in [6, 6.07) is 33.2. The Hall–Kier alpha value is -3.65. The number of hydrogen-bond donors (Lipinski definition) is 0. The third-order valence-corrected chi connectivity index (χ3v) is 6.84. The molecule has 2 aliphatic rings. The Morgan fingerprint density at radius 3 is 2.44 bits per heavy atom. The van der Waals surface area contributed by atoms with Crippen LogP contribution in [-0.4, -0.2) is 10.3 Å². The Labute approximate surface area is 189 Å². The molecule has 6 rings (SSSR count). The highest BCUT2D eigenvalue weighted by atomic mass is 15.1. The summed E-state index contributed by atoms with van der Waals surface area (Å²) >= 11 is 0. The van der Waals surface area contributed by atoms with Gasteiger partial charge in [0.1, 0.15) is 0 Å². The van der Waals surface area contributed by atoms with Crippen LogP contribution >= 0.6 is 0 Å². The highest BCUT2D eigenvalue weighted by Gasteiger charge is 2.31. The van der Waals surface area contributed by atoms with Gasteiger partial charge in [-0.2, -0.15) is 0 Å². The molecule has 32 heavy (non-hydrogen) atoms. The van der Waals surface area contributed by atoms with Gasteiger partial charge in [-0.15, -0.1) is 0 Å². The molecular formula is C30H26N2. The molecule has 0 amide bonds. The van der Waals surface area contributed by atoms with E-state index in [1.165, 1.54) is 44.8 Å². The summed E-state index contributed by atoms with van der Waals surface area (Å²) in [5.41, 5.74) is 11.6. The van der Waals surface area contributed by atoms with Crippen molar-refractivity contribution in [2.45, 2.75) is 32.4 Å². The van der Waals surface area contributed by atoms with Crippen molar-refractivity contribution in [3.8, 4) is 11.3 Å². The monoisotopic (exact) mass is 414 g/mol. The highest BCUT2D eigenvalue weighted by molar-refractivity contribution is 6.14. The van der Waals surface area contributed by atoms with Crippen molar-refractivity contribution in [2.75, 3.05) is 0 Å². The predicted molar refractivity (Wildman–Crippen MR) is 132 cm³/mol. The molecule has 0 bridgehead atoms. The van der Waals surface area contributed by atoms with Crippen molar-refractivity contribution < 1.29 is 0 Å². The van der Waals surface area contributed by atoms with Crippen molar-refractivity contribution in [2.24, 2.45) is 4.99 Å². The van der Waals surface area contributed by atoms with E-state index in [1.54, 1.807) is 0 Å². The smallest absolute Gasteiger partial charge is 0.0944 e. The number of benzene rings is 3. The zero-order chi connectivity index (χ0) is 21.7. The Balaban J connectivity index is 1.43.